The number of rotatable bonds is 5. The summed E-state index contributed by atoms with van der Waals surface area (Å²) in [5.41, 5.74) is 0.664. The standard InChI is InChI=1S/C16H15F2NO2/c1-11(21-15-7-5-13(17)6-8-15)16(20)19-10-12-3-2-4-14(18)9-12/h2-9,11H,10H2,1H3,(H,19,20). The highest BCUT2D eigenvalue weighted by Crippen LogP contribution is 2.13. The average molecular weight is 291 g/mol. The maximum Gasteiger partial charge on any atom is 0.261 e. The van der Waals surface area contributed by atoms with Crippen molar-refractivity contribution < 1.29 is 18.3 Å². The van der Waals surface area contributed by atoms with Crippen LogP contribution < -0.4 is 10.1 Å². The van der Waals surface area contributed by atoms with E-state index in [1.165, 1.54) is 36.4 Å². The van der Waals surface area contributed by atoms with Crippen molar-refractivity contribution in [3.8, 4) is 5.75 Å². The molecule has 0 aliphatic rings. The van der Waals surface area contributed by atoms with E-state index in [1.807, 2.05) is 0 Å². The van der Waals surface area contributed by atoms with Crippen molar-refractivity contribution in [3.63, 3.8) is 0 Å². The molecule has 1 unspecified atom stereocenters. The molecule has 1 atom stereocenters. The van der Waals surface area contributed by atoms with Crippen molar-refractivity contribution in [1.82, 2.24) is 5.32 Å². The van der Waals surface area contributed by atoms with Crippen LogP contribution >= 0.6 is 0 Å². The van der Waals surface area contributed by atoms with E-state index in [9.17, 15) is 13.6 Å². The van der Waals surface area contributed by atoms with Crippen LogP contribution in [0.5, 0.6) is 5.75 Å². The quantitative estimate of drug-likeness (QED) is 0.919. The van der Waals surface area contributed by atoms with Crippen molar-refractivity contribution in [2.24, 2.45) is 0 Å². The predicted octanol–water partition coefficient (Wildman–Crippen LogP) is 3.05. The average Bonchev–Trinajstić information content (AvgIpc) is 2.47. The molecule has 0 bridgehead atoms. The van der Waals surface area contributed by atoms with Crippen LogP contribution in [0.25, 0.3) is 0 Å². The zero-order valence-electron chi connectivity index (χ0n) is 11.5. The highest BCUT2D eigenvalue weighted by Gasteiger charge is 2.14. The summed E-state index contributed by atoms with van der Waals surface area (Å²) in [4.78, 5) is 11.9. The Labute approximate surface area is 121 Å². The Bertz CT molecular complexity index is 614. The zero-order chi connectivity index (χ0) is 15.2. The summed E-state index contributed by atoms with van der Waals surface area (Å²) in [5, 5.41) is 2.65. The largest absolute Gasteiger partial charge is 0.481 e. The highest BCUT2D eigenvalue weighted by atomic mass is 19.1. The molecule has 2 aromatic rings. The fraction of sp³-hybridized carbons (Fsp3) is 0.188. The second-order valence-corrected chi connectivity index (χ2v) is 4.56. The molecule has 2 rings (SSSR count). The highest BCUT2D eigenvalue weighted by molar-refractivity contribution is 5.80. The van der Waals surface area contributed by atoms with Gasteiger partial charge in [0, 0.05) is 6.54 Å². The van der Waals surface area contributed by atoms with Crippen LogP contribution in [0.1, 0.15) is 12.5 Å². The molecule has 1 amide bonds. The molecule has 5 heteroatoms. The van der Waals surface area contributed by atoms with E-state index in [2.05, 4.69) is 5.32 Å². The molecule has 0 aromatic heterocycles. The van der Waals surface area contributed by atoms with Gasteiger partial charge in [-0.2, -0.15) is 0 Å². The first-order valence-electron chi connectivity index (χ1n) is 6.49. The van der Waals surface area contributed by atoms with Gasteiger partial charge >= 0.3 is 0 Å². The van der Waals surface area contributed by atoms with Crippen LogP contribution in [0, 0.1) is 11.6 Å². The third-order valence-corrected chi connectivity index (χ3v) is 2.85. The Kier molecular flexibility index (Phi) is 4.87. The summed E-state index contributed by atoms with van der Waals surface area (Å²) in [6.07, 6.45) is -0.732. The molecule has 0 heterocycles. The third kappa shape index (κ3) is 4.56. The molecule has 0 fully saturated rings. The molecule has 1 N–H and O–H groups in total. The Hall–Kier alpha value is -2.43. The van der Waals surface area contributed by atoms with E-state index in [0.29, 0.717) is 11.3 Å². The summed E-state index contributed by atoms with van der Waals surface area (Å²) in [6.45, 7) is 1.80. The first-order chi connectivity index (χ1) is 10.0. The number of halogens is 2. The zero-order valence-corrected chi connectivity index (χ0v) is 11.5. The Morgan fingerprint density at radius 3 is 2.52 bits per heavy atom. The Balaban J connectivity index is 1.86. The predicted molar refractivity (Wildman–Crippen MR) is 74.7 cm³/mol. The van der Waals surface area contributed by atoms with E-state index in [0.717, 1.165) is 0 Å². The van der Waals surface area contributed by atoms with Gasteiger partial charge in [-0.3, -0.25) is 4.79 Å². The smallest absolute Gasteiger partial charge is 0.261 e. The summed E-state index contributed by atoms with van der Waals surface area (Å²) in [5.74, 6) is -0.642. The number of carbonyl (C=O) groups excluding carboxylic acids is 1. The maximum atomic E-state index is 13.0. The lowest BCUT2D eigenvalue weighted by atomic mass is 10.2. The monoisotopic (exact) mass is 291 g/mol. The van der Waals surface area contributed by atoms with E-state index in [1.54, 1.807) is 19.1 Å². The van der Waals surface area contributed by atoms with Gasteiger partial charge < -0.3 is 10.1 Å². The fourth-order valence-corrected chi connectivity index (χ4v) is 1.75. The van der Waals surface area contributed by atoms with Crippen molar-refractivity contribution >= 4 is 5.91 Å². The van der Waals surface area contributed by atoms with Gasteiger partial charge in [0.25, 0.3) is 5.91 Å². The van der Waals surface area contributed by atoms with Gasteiger partial charge in [-0.25, -0.2) is 8.78 Å². The number of ether oxygens (including phenoxy) is 1. The lowest BCUT2D eigenvalue weighted by Crippen LogP contribution is -2.35. The number of hydrogen-bond acceptors (Lipinski definition) is 2. The molecule has 0 saturated carbocycles. The van der Waals surface area contributed by atoms with Gasteiger partial charge in [-0.15, -0.1) is 0 Å². The molecular weight excluding hydrogens is 276 g/mol. The minimum absolute atomic E-state index is 0.216. The lowest BCUT2D eigenvalue weighted by molar-refractivity contribution is -0.127. The summed E-state index contributed by atoms with van der Waals surface area (Å²) in [6, 6.07) is 11.4. The third-order valence-electron chi connectivity index (χ3n) is 2.85. The van der Waals surface area contributed by atoms with Crippen molar-refractivity contribution in [2.45, 2.75) is 19.6 Å². The van der Waals surface area contributed by atoms with E-state index < -0.39 is 6.10 Å². The Morgan fingerprint density at radius 1 is 1.14 bits per heavy atom. The minimum Gasteiger partial charge on any atom is -0.481 e. The van der Waals surface area contributed by atoms with Gasteiger partial charge in [0.05, 0.1) is 0 Å². The summed E-state index contributed by atoms with van der Waals surface area (Å²) < 4.78 is 31.2. The van der Waals surface area contributed by atoms with Gasteiger partial charge in [0.2, 0.25) is 0 Å². The summed E-state index contributed by atoms with van der Waals surface area (Å²) >= 11 is 0. The second kappa shape index (κ2) is 6.83. The van der Waals surface area contributed by atoms with Crippen LogP contribution in [-0.4, -0.2) is 12.0 Å². The first kappa shape index (κ1) is 15.0. The normalized spacial score (nSPS) is 11.8. The van der Waals surface area contributed by atoms with Crippen LogP contribution in [0.2, 0.25) is 0 Å². The van der Waals surface area contributed by atoms with Crippen LogP contribution in [0.3, 0.4) is 0 Å². The van der Waals surface area contributed by atoms with Crippen molar-refractivity contribution in [2.75, 3.05) is 0 Å². The molecule has 0 aliphatic carbocycles. The number of hydrogen-bond donors (Lipinski definition) is 1. The van der Waals surface area contributed by atoms with E-state index in [4.69, 9.17) is 4.74 Å². The molecule has 3 nitrogen and oxygen atoms in total. The molecule has 2 aromatic carbocycles. The molecule has 0 saturated heterocycles. The van der Waals surface area contributed by atoms with Gasteiger partial charge in [-0.1, -0.05) is 12.1 Å². The van der Waals surface area contributed by atoms with Crippen molar-refractivity contribution in [1.29, 1.82) is 0 Å². The maximum absolute atomic E-state index is 13.0. The Morgan fingerprint density at radius 2 is 1.86 bits per heavy atom. The molecule has 0 aliphatic heterocycles. The topological polar surface area (TPSA) is 38.3 Å². The lowest BCUT2D eigenvalue weighted by Gasteiger charge is -2.14. The molecule has 21 heavy (non-hydrogen) atoms. The molecular formula is C16H15F2NO2. The fourth-order valence-electron chi connectivity index (χ4n) is 1.75. The van der Waals surface area contributed by atoms with Crippen molar-refractivity contribution in [3.05, 3.63) is 65.7 Å². The molecule has 110 valence electrons. The number of carbonyl (C=O) groups is 1. The number of nitrogens with one attached hydrogen (secondary N) is 1. The first-order valence-corrected chi connectivity index (χ1v) is 6.49. The number of amides is 1. The molecule has 0 radical (unpaired) electrons. The number of benzene rings is 2. The van der Waals surface area contributed by atoms with Crippen LogP contribution in [-0.2, 0) is 11.3 Å². The van der Waals surface area contributed by atoms with Gasteiger partial charge in [0.1, 0.15) is 17.4 Å². The molecule has 0 spiro atoms. The second-order valence-electron chi connectivity index (χ2n) is 4.56. The summed E-state index contributed by atoms with van der Waals surface area (Å²) in [7, 11) is 0. The van der Waals surface area contributed by atoms with Crippen LogP contribution in [0.15, 0.2) is 48.5 Å². The van der Waals surface area contributed by atoms with E-state index in [-0.39, 0.29) is 24.1 Å². The van der Waals surface area contributed by atoms with Crippen LogP contribution in [0.4, 0.5) is 8.78 Å². The minimum atomic E-state index is -0.732. The van der Waals surface area contributed by atoms with E-state index >= 15 is 0 Å². The van der Waals surface area contributed by atoms with Gasteiger partial charge in [-0.05, 0) is 48.9 Å². The van der Waals surface area contributed by atoms with Gasteiger partial charge in [0.15, 0.2) is 6.10 Å². The SMILES string of the molecule is CC(Oc1ccc(F)cc1)C(=O)NCc1cccc(F)c1.